The van der Waals surface area contributed by atoms with Gasteiger partial charge < -0.3 is 14.7 Å². The van der Waals surface area contributed by atoms with Gasteiger partial charge in [0, 0.05) is 6.04 Å². The van der Waals surface area contributed by atoms with Gasteiger partial charge in [0.2, 0.25) is 0 Å². The first-order valence-electron chi connectivity index (χ1n) is 7.04. The number of carboxylic acid groups (broad SMARTS) is 1. The van der Waals surface area contributed by atoms with Crippen LogP contribution in [0.15, 0.2) is 24.3 Å². The number of alkyl halides is 3. The van der Waals surface area contributed by atoms with E-state index in [1.54, 1.807) is 0 Å². The van der Waals surface area contributed by atoms with Crippen LogP contribution in [-0.2, 0) is 15.8 Å². The van der Waals surface area contributed by atoms with Gasteiger partial charge in [-0.3, -0.25) is 4.79 Å². The minimum absolute atomic E-state index is 0.0908. The number of ether oxygens (including phenoxy) is 1. The van der Waals surface area contributed by atoms with Crippen LogP contribution in [0.25, 0.3) is 0 Å². The van der Waals surface area contributed by atoms with Crippen molar-refractivity contribution in [3.05, 3.63) is 29.8 Å². The van der Waals surface area contributed by atoms with Crippen LogP contribution in [0.3, 0.4) is 0 Å². The molecule has 2 rings (SSSR count). The molecule has 0 heterocycles. The molecular formula is C15H16F3NO4. The SMILES string of the molecule is CC(C(=O)O)N(C(=O)COc1cccc(C(F)(F)F)c1)C1CC1. The average molecular weight is 331 g/mol. The summed E-state index contributed by atoms with van der Waals surface area (Å²) in [6.45, 7) is 0.887. The third-order valence-electron chi connectivity index (χ3n) is 3.53. The van der Waals surface area contributed by atoms with Crippen molar-refractivity contribution in [3.8, 4) is 5.75 Å². The zero-order chi connectivity index (χ0) is 17.2. The number of rotatable bonds is 6. The molecule has 0 saturated heterocycles. The number of hydrogen-bond donors (Lipinski definition) is 1. The quantitative estimate of drug-likeness (QED) is 0.870. The third kappa shape index (κ3) is 4.37. The van der Waals surface area contributed by atoms with Crippen molar-refractivity contribution < 1.29 is 32.6 Å². The van der Waals surface area contributed by atoms with Gasteiger partial charge in [0.25, 0.3) is 5.91 Å². The Labute approximate surface area is 130 Å². The summed E-state index contributed by atoms with van der Waals surface area (Å²) in [5.74, 6) is -1.78. The van der Waals surface area contributed by atoms with Crippen LogP contribution in [0.5, 0.6) is 5.75 Å². The highest BCUT2D eigenvalue weighted by Crippen LogP contribution is 2.32. The monoisotopic (exact) mass is 331 g/mol. The van der Waals surface area contributed by atoms with Gasteiger partial charge in [-0.25, -0.2) is 4.79 Å². The molecule has 23 heavy (non-hydrogen) atoms. The summed E-state index contributed by atoms with van der Waals surface area (Å²) in [7, 11) is 0. The largest absolute Gasteiger partial charge is 0.484 e. The first-order valence-corrected chi connectivity index (χ1v) is 7.04. The molecule has 1 N–H and O–H groups in total. The van der Waals surface area contributed by atoms with Crippen LogP contribution < -0.4 is 4.74 Å². The van der Waals surface area contributed by atoms with E-state index < -0.39 is 36.3 Å². The molecule has 0 radical (unpaired) electrons. The van der Waals surface area contributed by atoms with E-state index in [4.69, 9.17) is 9.84 Å². The molecule has 0 spiro atoms. The lowest BCUT2D eigenvalue weighted by atomic mass is 10.2. The van der Waals surface area contributed by atoms with Gasteiger partial charge in [-0.1, -0.05) is 6.07 Å². The summed E-state index contributed by atoms with van der Waals surface area (Å²) in [4.78, 5) is 24.4. The predicted molar refractivity (Wildman–Crippen MR) is 73.9 cm³/mol. The number of amides is 1. The second kappa shape index (κ2) is 6.47. The van der Waals surface area contributed by atoms with Crippen LogP contribution in [-0.4, -0.2) is 40.6 Å². The van der Waals surface area contributed by atoms with Crippen molar-refractivity contribution in [1.29, 1.82) is 0 Å². The predicted octanol–water partition coefficient (Wildman–Crippen LogP) is 2.55. The van der Waals surface area contributed by atoms with Crippen LogP contribution in [0.1, 0.15) is 25.3 Å². The van der Waals surface area contributed by atoms with E-state index in [9.17, 15) is 22.8 Å². The van der Waals surface area contributed by atoms with Gasteiger partial charge in [0.1, 0.15) is 11.8 Å². The maximum absolute atomic E-state index is 12.6. The van der Waals surface area contributed by atoms with Gasteiger partial charge in [0.15, 0.2) is 6.61 Å². The Morgan fingerprint density at radius 3 is 2.57 bits per heavy atom. The molecule has 1 aromatic rings. The molecule has 0 bridgehead atoms. The second-order valence-electron chi connectivity index (χ2n) is 5.36. The van der Waals surface area contributed by atoms with Crippen molar-refractivity contribution in [2.24, 2.45) is 0 Å². The van der Waals surface area contributed by atoms with E-state index in [0.717, 1.165) is 12.1 Å². The fraction of sp³-hybridized carbons (Fsp3) is 0.467. The molecule has 1 amide bonds. The Kier molecular flexibility index (Phi) is 4.82. The normalized spacial score (nSPS) is 15.8. The van der Waals surface area contributed by atoms with Crippen molar-refractivity contribution in [3.63, 3.8) is 0 Å². The number of hydrogen-bond acceptors (Lipinski definition) is 3. The number of carbonyl (C=O) groups is 2. The maximum Gasteiger partial charge on any atom is 0.416 e. The lowest BCUT2D eigenvalue weighted by Gasteiger charge is -2.26. The van der Waals surface area contributed by atoms with Crippen LogP contribution >= 0.6 is 0 Å². The van der Waals surface area contributed by atoms with E-state index in [1.807, 2.05) is 0 Å². The van der Waals surface area contributed by atoms with Gasteiger partial charge in [0.05, 0.1) is 5.56 Å². The van der Waals surface area contributed by atoms with E-state index >= 15 is 0 Å². The number of benzene rings is 1. The first kappa shape index (κ1) is 17.1. The molecule has 8 heteroatoms. The van der Waals surface area contributed by atoms with Crippen molar-refractivity contribution >= 4 is 11.9 Å². The number of carboxylic acids is 1. The van der Waals surface area contributed by atoms with Gasteiger partial charge in [-0.15, -0.1) is 0 Å². The first-order chi connectivity index (χ1) is 10.7. The lowest BCUT2D eigenvalue weighted by Crippen LogP contribution is -2.46. The summed E-state index contributed by atoms with van der Waals surface area (Å²) < 4.78 is 42.9. The fourth-order valence-electron chi connectivity index (χ4n) is 2.19. The molecular weight excluding hydrogens is 315 g/mol. The number of aliphatic carboxylic acids is 1. The van der Waals surface area contributed by atoms with Crippen molar-refractivity contribution in [2.75, 3.05) is 6.61 Å². The zero-order valence-electron chi connectivity index (χ0n) is 12.3. The zero-order valence-corrected chi connectivity index (χ0v) is 12.3. The number of nitrogens with zero attached hydrogens (tertiary/aromatic N) is 1. The molecule has 1 aliphatic carbocycles. The number of halogens is 3. The standard InChI is InChI=1S/C15H16F3NO4/c1-9(14(21)22)19(11-5-6-11)13(20)8-23-12-4-2-3-10(7-12)15(16,17)18/h2-4,7,9,11H,5-6,8H2,1H3,(H,21,22). The highest BCUT2D eigenvalue weighted by atomic mass is 19.4. The van der Waals surface area contributed by atoms with Crippen LogP contribution in [0.4, 0.5) is 13.2 Å². The lowest BCUT2D eigenvalue weighted by molar-refractivity contribution is -0.150. The molecule has 1 atom stereocenters. The topological polar surface area (TPSA) is 66.8 Å². The Morgan fingerprint density at radius 1 is 1.39 bits per heavy atom. The Morgan fingerprint density at radius 2 is 2.04 bits per heavy atom. The summed E-state index contributed by atoms with van der Waals surface area (Å²) in [5.41, 5.74) is -0.875. The average Bonchev–Trinajstić information content (AvgIpc) is 3.29. The summed E-state index contributed by atoms with van der Waals surface area (Å²) in [6, 6.07) is 3.05. The molecule has 126 valence electrons. The summed E-state index contributed by atoms with van der Waals surface area (Å²) >= 11 is 0. The van der Waals surface area contributed by atoms with E-state index in [-0.39, 0.29) is 11.8 Å². The Balaban J connectivity index is 2.02. The molecule has 0 aliphatic heterocycles. The van der Waals surface area contributed by atoms with Gasteiger partial charge in [-0.2, -0.15) is 13.2 Å². The Hall–Kier alpha value is -2.25. The van der Waals surface area contributed by atoms with Crippen molar-refractivity contribution in [1.82, 2.24) is 4.90 Å². The van der Waals surface area contributed by atoms with E-state index in [1.165, 1.54) is 24.0 Å². The highest BCUT2D eigenvalue weighted by molar-refractivity contribution is 5.84. The fourth-order valence-corrected chi connectivity index (χ4v) is 2.19. The minimum Gasteiger partial charge on any atom is -0.484 e. The van der Waals surface area contributed by atoms with Gasteiger partial charge in [-0.05, 0) is 38.0 Å². The molecule has 1 aliphatic rings. The minimum atomic E-state index is -4.50. The molecule has 1 unspecified atom stereocenters. The molecule has 1 saturated carbocycles. The summed E-state index contributed by atoms with van der Waals surface area (Å²) in [6.07, 6.45) is -3.07. The number of carbonyl (C=O) groups excluding carboxylic acids is 1. The highest BCUT2D eigenvalue weighted by Gasteiger charge is 2.38. The van der Waals surface area contributed by atoms with Crippen LogP contribution in [0.2, 0.25) is 0 Å². The van der Waals surface area contributed by atoms with E-state index in [0.29, 0.717) is 12.8 Å². The van der Waals surface area contributed by atoms with Crippen LogP contribution in [0, 0.1) is 0 Å². The van der Waals surface area contributed by atoms with Crippen molar-refractivity contribution in [2.45, 2.75) is 38.0 Å². The second-order valence-corrected chi connectivity index (χ2v) is 5.36. The molecule has 1 fully saturated rings. The molecule has 5 nitrogen and oxygen atoms in total. The maximum atomic E-state index is 12.6. The summed E-state index contributed by atoms with van der Waals surface area (Å²) in [5, 5.41) is 9.03. The molecule has 1 aromatic carbocycles. The smallest absolute Gasteiger partial charge is 0.416 e. The Bertz CT molecular complexity index is 599. The molecule has 0 aromatic heterocycles. The van der Waals surface area contributed by atoms with E-state index in [2.05, 4.69) is 0 Å². The third-order valence-corrected chi connectivity index (χ3v) is 3.53. The van der Waals surface area contributed by atoms with Gasteiger partial charge >= 0.3 is 12.1 Å².